The highest BCUT2D eigenvalue weighted by atomic mass is 32.2. The lowest BCUT2D eigenvalue weighted by Crippen LogP contribution is -2.58. The summed E-state index contributed by atoms with van der Waals surface area (Å²) >= 11 is 0. The average Bonchev–Trinajstić information content (AvgIpc) is 3.02. The van der Waals surface area contributed by atoms with E-state index >= 15 is 0 Å². The number of benzene rings is 1. The van der Waals surface area contributed by atoms with Gasteiger partial charge in [0.2, 0.25) is 5.88 Å². The lowest BCUT2D eigenvalue weighted by Gasteiger charge is -2.39. The summed E-state index contributed by atoms with van der Waals surface area (Å²) in [5.41, 5.74) is 4.06. The van der Waals surface area contributed by atoms with Gasteiger partial charge in [-0.05, 0) is 43.5 Å². The summed E-state index contributed by atoms with van der Waals surface area (Å²) in [5, 5.41) is -1.21. The lowest BCUT2D eigenvalue weighted by molar-refractivity contribution is 0.0793. The van der Waals surface area contributed by atoms with E-state index in [0.29, 0.717) is 0 Å². The molecule has 1 aromatic carbocycles. The summed E-state index contributed by atoms with van der Waals surface area (Å²) in [7, 11) is -4.12. The van der Waals surface area contributed by atoms with Crippen LogP contribution in [-0.2, 0) is 15.4 Å². The first-order valence-electron chi connectivity index (χ1n) is 10.5. The summed E-state index contributed by atoms with van der Waals surface area (Å²) in [6.45, 7) is -0.707. The Hall–Kier alpha value is -3.09. The normalized spacial score (nSPS) is 27.7. The standard InChI is InChI=1S/C22H21F5N4O3S/c1-21(17-4-5-22(11-23,20(28)31-21)35(17,32)33)13-6-12(2-3-14(13)24)7-15(25)16-8-30-19(9-29-16)34-10-18(26)27/h2-3,6-9,17-18H,4-5,10-11H2,1H3,(H2,28,31)/b15-7-/t17-,21+,22-/m0/s1. The molecule has 1 saturated heterocycles. The van der Waals surface area contributed by atoms with Crippen molar-refractivity contribution in [3.63, 3.8) is 0 Å². The van der Waals surface area contributed by atoms with Gasteiger partial charge in [-0.3, -0.25) is 4.99 Å². The van der Waals surface area contributed by atoms with Crippen molar-refractivity contribution < 1.29 is 35.1 Å². The molecule has 3 heterocycles. The third kappa shape index (κ3) is 4.05. The van der Waals surface area contributed by atoms with E-state index in [9.17, 15) is 30.4 Å². The van der Waals surface area contributed by atoms with Gasteiger partial charge in [-0.2, -0.15) is 0 Å². The molecule has 35 heavy (non-hydrogen) atoms. The van der Waals surface area contributed by atoms with Gasteiger partial charge in [0.15, 0.2) is 27.0 Å². The fourth-order valence-electron chi connectivity index (χ4n) is 4.56. The van der Waals surface area contributed by atoms with E-state index in [4.69, 9.17) is 5.73 Å². The second kappa shape index (κ2) is 8.85. The van der Waals surface area contributed by atoms with E-state index in [1.807, 2.05) is 0 Å². The minimum absolute atomic E-state index is 0.0381. The van der Waals surface area contributed by atoms with Gasteiger partial charge < -0.3 is 10.5 Å². The van der Waals surface area contributed by atoms with Crippen LogP contribution < -0.4 is 10.5 Å². The van der Waals surface area contributed by atoms with E-state index in [0.717, 1.165) is 24.5 Å². The molecular formula is C22H21F5N4O3S. The quantitative estimate of drug-likeness (QED) is 0.564. The van der Waals surface area contributed by atoms with Crippen molar-refractivity contribution in [3.05, 3.63) is 53.2 Å². The van der Waals surface area contributed by atoms with E-state index in [1.54, 1.807) is 0 Å². The molecule has 0 amide bonds. The van der Waals surface area contributed by atoms with Crippen molar-refractivity contribution in [2.24, 2.45) is 10.7 Å². The van der Waals surface area contributed by atoms with Crippen LogP contribution in [0.2, 0.25) is 0 Å². The maximum absolute atomic E-state index is 14.9. The Morgan fingerprint density at radius 3 is 2.69 bits per heavy atom. The third-order valence-electron chi connectivity index (χ3n) is 6.45. The number of hydrogen-bond acceptors (Lipinski definition) is 7. The zero-order valence-corrected chi connectivity index (χ0v) is 19.2. The summed E-state index contributed by atoms with van der Waals surface area (Å²) < 4.78 is 97.0. The number of fused-ring (bicyclic) bond motifs is 2. The topological polar surface area (TPSA) is 108 Å². The van der Waals surface area contributed by atoms with Crippen LogP contribution in [0.5, 0.6) is 5.88 Å². The number of aliphatic imine (C=N–C) groups is 1. The van der Waals surface area contributed by atoms with E-state index < -0.39 is 62.6 Å². The Kier molecular flexibility index (Phi) is 6.32. The van der Waals surface area contributed by atoms with E-state index in [1.165, 1.54) is 19.1 Å². The van der Waals surface area contributed by atoms with Crippen LogP contribution in [-0.4, -0.2) is 53.9 Å². The lowest BCUT2D eigenvalue weighted by atomic mass is 9.86. The molecule has 0 radical (unpaired) electrons. The van der Waals surface area contributed by atoms with Crippen molar-refractivity contribution in [2.75, 3.05) is 13.3 Å². The van der Waals surface area contributed by atoms with Crippen LogP contribution in [0, 0.1) is 5.82 Å². The largest absolute Gasteiger partial charge is 0.470 e. The second-order valence-electron chi connectivity index (χ2n) is 8.52. The van der Waals surface area contributed by atoms with Crippen molar-refractivity contribution in [2.45, 2.75) is 41.7 Å². The zero-order valence-electron chi connectivity index (χ0n) is 18.4. The first-order chi connectivity index (χ1) is 16.4. The monoisotopic (exact) mass is 516 g/mol. The predicted octanol–water partition coefficient (Wildman–Crippen LogP) is 3.60. The van der Waals surface area contributed by atoms with Crippen LogP contribution in [0.25, 0.3) is 11.9 Å². The maximum atomic E-state index is 14.9. The highest BCUT2D eigenvalue weighted by Gasteiger charge is 2.65. The summed E-state index contributed by atoms with van der Waals surface area (Å²) in [6.07, 6.45) is 0.236. The van der Waals surface area contributed by atoms with Gasteiger partial charge in [-0.15, -0.1) is 0 Å². The molecule has 0 aliphatic carbocycles. The van der Waals surface area contributed by atoms with Gasteiger partial charge in [0.05, 0.1) is 17.6 Å². The van der Waals surface area contributed by atoms with Crippen molar-refractivity contribution in [3.8, 4) is 5.88 Å². The Labute approximate surface area is 197 Å². The SMILES string of the molecule is C[C@]1(c2cc(/C=C(\F)c3cnc(OCC(F)F)cn3)ccc2F)N=C(N)[C@@]2(CF)CC[C@@H]1S2(=O)=O. The molecule has 188 valence electrons. The van der Waals surface area contributed by atoms with Crippen LogP contribution >= 0.6 is 0 Å². The maximum Gasteiger partial charge on any atom is 0.272 e. The van der Waals surface area contributed by atoms with Gasteiger partial charge in [-0.1, -0.05) is 6.07 Å². The number of nitrogens with zero attached hydrogens (tertiary/aromatic N) is 3. The van der Waals surface area contributed by atoms with Crippen LogP contribution in [0.15, 0.2) is 35.6 Å². The molecule has 1 aromatic heterocycles. The van der Waals surface area contributed by atoms with Crippen LogP contribution in [0.4, 0.5) is 22.0 Å². The number of sulfone groups is 1. The highest BCUT2D eigenvalue weighted by Crippen LogP contribution is 2.51. The molecular weight excluding hydrogens is 495 g/mol. The first-order valence-corrected chi connectivity index (χ1v) is 12.0. The summed E-state index contributed by atoms with van der Waals surface area (Å²) in [6, 6.07) is 3.55. The highest BCUT2D eigenvalue weighted by molar-refractivity contribution is 7.94. The Balaban J connectivity index is 1.68. The van der Waals surface area contributed by atoms with Gasteiger partial charge in [0, 0.05) is 5.56 Å². The molecule has 0 unspecified atom stereocenters. The molecule has 2 aliphatic heterocycles. The van der Waals surface area contributed by atoms with Crippen LogP contribution in [0.1, 0.15) is 36.6 Å². The van der Waals surface area contributed by atoms with Crippen LogP contribution in [0.3, 0.4) is 0 Å². The number of aromatic nitrogens is 2. The van der Waals surface area contributed by atoms with E-state index in [2.05, 4.69) is 19.7 Å². The summed E-state index contributed by atoms with van der Waals surface area (Å²) in [4.78, 5) is 11.7. The molecule has 2 aromatic rings. The molecule has 1 fully saturated rings. The molecule has 0 spiro atoms. The Morgan fingerprint density at radius 2 is 2.06 bits per heavy atom. The van der Waals surface area contributed by atoms with E-state index in [-0.39, 0.29) is 35.5 Å². The van der Waals surface area contributed by atoms with Gasteiger partial charge in [-0.25, -0.2) is 40.3 Å². The van der Waals surface area contributed by atoms with Gasteiger partial charge >= 0.3 is 0 Å². The molecule has 4 rings (SSSR count). The number of ether oxygens (including phenoxy) is 1. The fourth-order valence-corrected chi connectivity index (χ4v) is 7.21. The molecule has 7 nitrogen and oxygen atoms in total. The van der Waals surface area contributed by atoms with Gasteiger partial charge in [0.25, 0.3) is 6.43 Å². The fraction of sp³-hybridized carbons (Fsp3) is 0.409. The minimum Gasteiger partial charge on any atom is -0.470 e. The van der Waals surface area contributed by atoms with Gasteiger partial charge in [0.1, 0.15) is 29.6 Å². The number of rotatable bonds is 7. The third-order valence-corrected chi connectivity index (χ3v) is 9.51. The van der Waals surface area contributed by atoms with Crippen molar-refractivity contribution in [1.82, 2.24) is 9.97 Å². The minimum atomic E-state index is -4.12. The molecule has 2 bridgehead atoms. The van der Waals surface area contributed by atoms with Crippen molar-refractivity contribution in [1.29, 1.82) is 0 Å². The second-order valence-corrected chi connectivity index (χ2v) is 11.0. The molecule has 0 saturated carbocycles. The zero-order chi connectivity index (χ0) is 25.6. The summed E-state index contributed by atoms with van der Waals surface area (Å²) in [5.74, 6) is -2.28. The Bertz CT molecular complexity index is 1300. The smallest absolute Gasteiger partial charge is 0.272 e. The number of nitrogens with two attached hydrogens (primary N) is 1. The number of amidine groups is 1. The number of hydrogen-bond donors (Lipinski definition) is 1. The number of halogens is 5. The first kappa shape index (κ1) is 25.0. The molecule has 3 atom stereocenters. The predicted molar refractivity (Wildman–Crippen MR) is 119 cm³/mol. The average molecular weight is 516 g/mol. The number of alkyl halides is 3. The molecule has 13 heteroatoms. The van der Waals surface area contributed by atoms with Crippen molar-refractivity contribution >= 4 is 27.6 Å². The molecule has 2 N–H and O–H groups in total. The Morgan fingerprint density at radius 1 is 1.31 bits per heavy atom. The molecule has 2 aliphatic rings.